The largest absolute Gasteiger partial charge is 0.491 e. The molecular weight excluding hydrogens is 382 g/mol. The second-order valence-electron chi connectivity index (χ2n) is 5.35. The Morgan fingerprint density at radius 3 is 1.66 bits per heavy atom. The van der Waals surface area contributed by atoms with Crippen molar-refractivity contribution in [1.29, 1.82) is 0 Å². The standard InChI is InChI=1S/C11H14O4.C9H11NO4/c1-2-14-11(13)9-3-5-10(6-4-9)15-8-7-12;11-5-6-14-8-3-1-7(2-4-8)9(12)10-13/h3-6,12H,2,7-8H2,1H3;1-4,11,13H,5-6H2,(H,10,12). The van der Waals surface area contributed by atoms with E-state index >= 15 is 0 Å². The molecule has 0 aliphatic carbocycles. The molecule has 29 heavy (non-hydrogen) atoms. The Bertz CT molecular complexity index is 731. The van der Waals surface area contributed by atoms with Crippen LogP contribution in [0.3, 0.4) is 0 Å². The molecule has 0 unspecified atom stereocenters. The zero-order valence-corrected chi connectivity index (χ0v) is 16.0. The molecule has 2 rings (SSSR count). The van der Waals surface area contributed by atoms with E-state index in [1.807, 2.05) is 0 Å². The van der Waals surface area contributed by atoms with E-state index in [-0.39, 0.29) is 32.4 Å². The molecule has 9 nitrogen and oxygen atoms in total. The van der Waals surface area contributed by atoms with Crippen LogP contribution < -0.4 is 15.0 Å². The summed E-state index contributed by atoms with van der Waals surface area (Å²) in [6.45, 7) is 2.50. The minimum atomic E-state index is -0.571. The van der Waals surface area contributed by atoms with Crippen molar-refractivity contribution in [1.82, 2.24) is 5.48 Å². The third-order valence-corrected chi connectivity index (χ3v) is 3.30. The first-order chi connectivity index (χ1) is 14.0. The Morgan fingerprint density at radius 2 is 1.28 bits per heavy atom. The number of amides is 1. The highest BCUT2D eigenvalue weighted by Crippen LogP contribution is 2.13. The Labute approximate surface area is 168 Å². The maximum atomic E-state index is 11.3. The number of hydrogen-bond donors (Lipinski definition) is 4. The topological polar surface area (TPSA) is 135 Å². The lowest BCUT2D eigenvalue weighted by atomic mass is 10.2. The zero-order chi connectivity index (χ0) is 21.5. The van der Waals surface area contributed by atoms with E-state index < -0.39 is 5.91 Å². The van der Waals surface area contributed by atoms with Crippen molar-refractivity contribution < 1.29 is 39.2 Å². The fourth-order valence-corrected chi connectivity index (χ4v) is 2.00. The summed E-state index contributed by atoms with van der Waals surface area (Å²) in [5, 5.41) is 25.4. The number of hydrogen-bond acceptors (Lipinski definition) is 8. The number of carbonyl (C=O) groups excluding carboxylic acids is 2. The number of hydroxylamine groups is 1. The third-order valence-electron chi connectivity index (χ3n) is 3.30. The van der Waals surface area contributed by atoms with E-state index in [4.69, 9.17) is 29.6 Å². The molecule has 4 N–H and O–H groups in total. The monoisotopic (exact) mass is 407 g/mol. The molecule has 2 aromatic rings. The van der Waals surface area contributed by atoms with Crippen molar-refractivity contribution in [3.05, 3.63) is 59.7 Å². The smallest absolute Gasteiger partial charge is 0.338 e. The lowest BCUT2D eigenvalue weighted by Gasteiger charge is -2.05. The van der Waals surface area contributed by atoms with Crippen molar-refractivity contribution >= 4 is 11.9 Å². The highest BCUT2D eigenvalue weighted by atomic mass is 16.5. The van der Waals surface area contributed by atoms with Crippen molar-refractivity contribution in [3.8, 4) is 11.5 Å². The summed E-state index contributed by atoms with van der Waals surface area (Å²) in [5.74, 6) is 0.274. The molecule has 0 bridgehead atoms. The van der Waals surface area contributed by atoms with Crippen LogP contribution in [0.25, 0.3) is 0 Å². The van der Waals surface area contributed by atoms with Crippen LogP contribution in [0.2, 0.25) is 0 Å². The van der Waals surface area contributed by atoms with Gasteiger partial charge in [0.15, 0.2) is 0 Å². The van der Waals surface area contributed by atoms with Crippen molar-refractivity contribution in [2.24, 2.45) is 0 Å². The summed E-state index contributed by atoms with van der Waals surface area (Å²) in [6, 6.07) is 12.8. The first kappa shape index (κ1) is 23.9. The molecule has 158 valence electrons. The van der Waals surface area contributed by atoms with Gasteiger partial charge in [-0.1, -0.05) is 0 Å². The van der Waals surface area contributed by atoms with Crippen LogP contribution in [0.4, 0.5) is 0 Å². The average Bonchev–Trinajstić information content (AvgIpc) is 2.77. The summed E-state index contributed by atoms with van der Waals surface area (Å²) < 4.78 is 15.1. The predicted octanol–water partition coefficient (Wildman–Crippen LogP) is 1.41. The maximum Gasteiger partial charge on any atom is 0.338 e. The predicted molar refractivity (Wildman–Crippen MR) is 103 cm³/mol. The molecule has 0 aliphatic heterocycles. The second-order valence-corrected chi connectivity index (χ2v) is 5.35. The lowest BCUT2D eigenvalue weighted by Crippen LogP contribution is -2.18. The molecule has 0 aromatic heterocycles. The van der Waals surface area contributed by atoms with Crippen molar-refractivity contribution in [3.63, 3.8) is 0 Å². The van der Waals surface area contributed by atoms with E-state index in [1.54, 1.807) is 43.3 Å². The number of aliphatic hydroxyl groups excluding tert-OH is 2. The Hall–Kier alpha value is -3.14. The number of rotatable bonds is 9. The van der Waals surface area contributed by atoms with Crippen LogP contribution in [0.5, 0.6) is 11.5 Å². The molecular formula is C20H25NO8. The number of esters is 1. The van der Waals surface area contributed by atoms with Crippen molar-refractivity contribution in [2.75, 3.05) is 33.0 Å². The van der Waals surface area contributed by atoms with Gasteiger partial charge in [-0.05, 0) is 55.5 Å². The highest BCUT2D eigenvalue weighted by molar-refractivity contribution is 5.93. The third kappa shape index (κ3) is 9.06. The molecule has 0 aliphatic rings. The number of aliphatic hydroxyl groups is 2. The summed E-state index contributed by atoms with van der Waals surface area (Å²) >= 11 is 0. The summed E-state index contributed by atoms with van der Waals surface area (Å²) in [4.78, 5) is 22.2. The Kier molecular flexibility index (Phi) is 11.5. The maximum absolute atomic E-state index is 11.3. The van der Waals surface area contributed by atoms with Gasteiger partial charge < -0.3 is 24.4 Å². The van der Waals surface area contributed by atoms with E-state index in [9.17, 15) is 9.59 Å². The summed E-state index contributed by atoms with van der Waals surface area (Å²) in [6.07, 6.45) is 0. The quantitative estimate of drug-likeness (QED) is 0.278. The van der Waals surface area contributed by atoms with Gasteiger partial charge >= 0.3 is 5.97 Å². The molecule has 0 spiro atoms. The molecule has 0 saturated carbocycles. The minimum Gasteiger partial charge on any atom is -0.491 e. The number of benzene rings is 2. The molecule has 9 heteroatoms. The fourth-order valence-electron chi connectivity index (χ4n) is 2.00. The number of nitrogens with one attached hydrogen (secondary N) is 1. The van der Waals surface area contributed by atoms with Crippen LogP contribution in [0.1, 0.15) is 27.6 Å². The van der Waals surface area contributed by atoms with Gasteiger partial charge in [-0.25, -0.2) is 10.3 Å². The normalized spacial score (nSPS) is 9.66. The van der Waals surface area contributed by atoms with E-state index in [0.29, 0.717) is 29.2 Å². The lowest BCUT2D eigenvalue weighted by molar-refractivity contribution is 0.0526. The molecule has 0 atom stereocenters. The van der Waals surface area contributed by atoms with Gasteiger partial charge in [0.25, 0.3) is 5.91 Å². The highest BCUT2D eigenvalue weighted by Gasteiger charge is 2.05. The van der Waals surface area contributed by atoms with Gasteiger partial charge in [0.1, 0.15) is 24.7 Å². The second kappa shape index (κ2) is 13.9. The molecule has 2 aromatic carbocycles. The Morgan fingerprint density at radius 1 is 0.828 bits per heavy atom. The van der Waals surface area contributed by atoms with Crippen LogP contribution in [-0.4, -0.2) is 60.3 Å². The van der Waals surface area contributed by atoms with Gasteiger partial charge in [-0.15, -0.1) is 0 Å². The molecule has 0 fully saturated rings. The van der Waals surface area contributed by atoms with Crippen LogP contribution in [-0.2, 0) is 4.74 Å². The number of carbonyl (C=O) groups is 2. The minimum absolute atomic E-state index is 0.0281. The zero-order valence-electron chi connectivity index (χ0n) is 16.0. The fraction of sp³-hybridized carbons (Fsp3) is 0.300. The molecule has 1 amide bonds. The molecule has 0 radical (unpaired) electrons. The Balaban J connectivity index is 0.000000291. The van der Waals surface area contributed by atoms with Crippen LogP contribution >= 0.6 is 0 Å². The van der Waals surface area contributed by atoms with Crippen molar-refractivity contribution in [2.45, 2.75) is 6.92 Å². The van der Waals surface area contributed by atoms with Crippen LogP contribution in [0, 0.1) is 0 Å². The van der Waals surface area contributed by atoms with Gasteiger partial charge in [-0.2, -0.15) is 0 Å². The summed E-state index contributed by atoms with van der Waals surface area (Å²) in [7, 11) is 0. The average molecular weight is 407 g/mol. The van der Waals surface area contributed by atoms with Gasteiger partial charge in [0.05, 0.1) is 25.4 Å². The SMILES string of the molecule is CCOC(=O)c1ccc(OCCO)cc1.O=C(NO)c1ccc(OCCO)cc1. The number of ether oxygens (including phenoxy) is 3. The molecule has 0 heterocycles. The van der Waals surface area contributed by atoms with Gasteiger partial charge in [0.2, 0.25) is 0 Å². The van der Waals surface area contributed by atoms with Crippen LogP contribution in [0.15, 0.2) is 48.5 Å². The van der Waals surface area contributed by atoms with Gasteiger partial charge in [-0.3, -0.25) is 10.0 Å². The van der Waals surface area contributed by atoms with E-state index in [1.165, 1.54) is 17.6 Å². The van der Waals surface area contributed by atoms with E-state index in [0.717, 1.165) is 0 Å². The first-order valence-corrected chi connectivity index (χ1v) is 8.84. The first-order valence-electron chi connectivity index (χ1n) is 8.84. The summed E-state index contributed by atoms with van der Waals surface area (Å²) in [5.41, 5.74) is 2.35. The van der Waals surface area contributed by atoms with Gasteiger partial charge in [0, 0.05) is 5.56 Å². The van der Waals surface area contributed by atoms with E-state index in [2.05, 4.69) is 0 Å². The molecule has 0 saturated heterocycles.